The van der Waals surface area contributed by atoms with Gasteiger partial charge in [0.05, 0.1) is 0 Å². The van der Waals surface area contributed by atoms with E-state index in [-0.39, 0.29) is 11.5 Å². The molecule has 1 aliphatic heterocycles. The number of hydrogen-bond donors (Lipinski definition) is 0. The summed E-state index contributed by atoms with van der Waals surface area (Å²) in [5, 5.41) is 3.59. The van der Waals surface area contributed by atoms with Gasteiger partial charge >= 0.3 is 5.97 Å². The molecule has 0 amide bonds. The summed E-state index contributed by atoms with van der Waals surface area (Å²) in [4.78, 5) is 27.4. The number of nitrogens with zero attached hydrogens (tertiary/aromatic N) is 1. The Balaban J connectivity index is 1.94. The molecular weight excluding hydrogens is 262 g/mol. The summed E-state index contributed by atoms with van der Waals surface area (Å²) < 4.78 is 11.2. The van der Waals surface area contributed by atoms with E-state index in [4.69, 9.17) is 9.47 Å². The first-order valence-corrected chi connectivity index (χ1v) is 6.20. The predicted molar refractivity (Wildman–Crippen MR) is 69.0 cm³/mol. The molecule has 0 saturated heterocycles. The zero-order valence-corrected chi connectivity index (χ0v) is 11.4. The number of ether oxygens (including phenoxy) is 2. The van der Waals surface area contributed by atoms with Gasteiger partial charge in [-0.3, -0.25) is 4.79 Å². The number of hydrogen-bond acceptors (Lipinski definition) is 6. The second kappa shape index (κ2) is 4.06. The highest BCUT2D eigenvalue weighted by Gasteiger charge is 2.36. The first kappa shape index (κ1) is 12.7. The molecule has 6 heteroatoms. The molecule has 0 radical (unpaired) electrons. The quantitative estimate of drug-likeness (QED) is 0.577. The van der Waals surface area contributed by atoms with Crippen LogP contribution in [0.25, 0.3) is 0 Å². The Morgan fingerprint density at radius 2 is 1.95 bits per heavy atom. The fourth-order valence-electron chi connectivity index (χ4n) is 2.28. The molecule has 1 aliphatic carbocycles. The average molecular weight is 275 g/mol. The van der Waals surface area contributed by atoms with Crippen molar-refractivity contribution in [1.29, 1.82) is 0 Å². The van der Waals surface area contributed by atoms with Crippen LogP contribution in [-0.4, -0.2) is 23.3 Å². The minimum Gasteiger partial charge on any atom is -0.449 e. The largest absolute Gasteiger partial charge is 0.449 e. The molecule has 0 atom stereocenters. The topological polar surface area (TPSA) is 74.2 Å². The summed E-state index contributed by atoms with van der Waals surface area (Å²) in [7, 11) is 0. The second-order valence-corrected chi connectivity index (χ2v) is 5.19. The molecule has 1 heterocycles. The third-order valence-corrected chi connectivity index (χ3v) is 3.03. The Labute approximate surface area is 115 Å². The summed E-state index contributed by atoms with van der Waals surface area (Å²) in [6, 6.07) is 3.42. The maximum atomic E-state index is 12.2. The number of benzene rings is 1. The van der Waals surface area contributed by atoms with Crippen molar-refractivity contribution in [3.05, 3.63) is 23.3 Å². The summed E-state index contributed by atoms with van der Waals surface area (Å²) in [5.74, 6) is -0.393. The molecule has 2 aliphatic rings. The second-order valence-electron chi connectivity index (χ2n) is 5.19. The zero-order chi connectivity index (χ0) is 14.5. The highest BCUT2D eigenvalue weighted by molar-refractivity contribution is 6.49. The lowest BCUT2D eigenvalue weighted by Crippen LogP contribution is -2.29. The lowest BCUT2D eigenvalue weighted by molar-refractivity contribution is -0.140. The van der Waals surface area contributed by atoms with Crippen molar-refractivity contribution in [3.63, 3.8) is 0 Å². The third kappa shape index (κ3) is 2.03. The smallest absolute Gasteiger partial charge is 0.331 e. The highest BCUT2D eigenvalue weighted by atomic mass is 16.7. The Bertz CT molecular complexity index is 660. The molecule has 104 valence electrons. The van der Waals surface area contributed by atoms with E-state index in [9.17, 15) is 9.59 Å². The van der Waals surface area contributed by atoms with Gasteiger partial charge in [0.2, 0.25) is 11.6 Å². The number of fused-ring (bicyclic) bond motifs is 2. The molecule has 1 aromatic rings. The molecule has 6 nitrogen and oxygen atoms in total. The maximum Gasteiger partial charge on any atom is 0.331 e. The van der Waals surface area contributed by atoms with Gasteiger partial charge in [-0.25, -0.2) is 4.79 Å². The van der Waals surface area contributed by atoms with E-state index in [1.54, 1.807) is 26.0 Å². The summed E-state index contributed by atoms with van der Waals surface area (Å²) >= 11 is 0. The monoisotopic (exact) mass is 275 g/mol. The molecule has 0 fully saturated rings. The van der Waals surface area contributed by atoms with Crippen LogP contribution in [-0.2, 0) is 16.1 Å². The Morgan fingerprint density at radius 1 is 1.30 bits per heavy atom. The van der Waals surface area contributed by atoms with Crippen LogP contribution in [0, 0.1) is 0 Å². The average Bonchev–Trinajstić information content (AvgIpc) is 2.79. The van der Waals surface area contributed by atoms with E-state index < -0.39 is 11.8 Å². The molecule has 0 unspecified atom stereocenters. The highest BCUT2D eigenvalue weighted by Crippen LogP contribution is 2.42. The Kier molecular flexibility index (Phi) is 2.57. The van der Waals surface area contributed by atoms with Gasteiger partial charge in [0.15, 0.2) is 11.5 Å². The van der Waals surface area contributed by atoms with Crippen molar-refractivity contribution in [2.75, 3.05) is 0 Å². The van der Waals surface area contributed by atoms with Gasteiger partial charge in [-0.1, -0.05) is 5.16 Å². The normalized spacial score (nSPS) is 20.1. The Morgan fingerprint density at radius 3 is 2.60 bits per heavy atom. The van der Waals surface area contributed by atoms with E-state index >= 15 is 0 Å². The van der Waals surface area contributed by atoms with Gasteiger partial charge in [-0.15, -0.1) is 0 Å². The van der Waals surface area contributed by atoms with Crippen LogP contribution in [0.1, 0.15) is 36.7 Å². The standard InChI is InChI=1S/C14H13NO5/c1-7(16)20-15-10-4-8-5-11-12(6-9(8)13(10)17)19-14(2,3)18-11/h5-6H,4H2,1-3H3. The van der Waals surface area contributed by atoms with Crippen molar-refractivity contribution in [3.8, 4) is 11.5 Å². The lowest BCUT2D eigenvalue weighted by atomic mass is 10.1. The lowest BCUT2D eigenvalue weighted by Gasteiger charge is -2.16. The van der Waals surface area contributed by atoms with E-state index in [2.05, 4.69) is 9.99 Å². The number of carbonyl (C=O) groups excluding carboxylic acids is 2. The molecule has 0 N–H and O–H groups in total. The van der Waals surface area contributed by atoms with Crippen molar-refractivity contribution >= 4 is 17.5 Å². The maximum absolute atomic E-state index is 12.2. The number of rotatable bonds is 1. The van der Waals surface area contributed by atoms with Gasteiger partial charge < -0.3 is 14.3 Å². The van der Waals surface area contributed by atoms with Crippen molar-refractivity contribution in [2.45, 2.75) is 33.0 Å². The summed E-state index contributed by atoms with van der Waals surface area (Å²) in [5.41, 5.74) is 1.51. The number of carbonyl (C=O) groups is 2. The summed E-state index contributed by atoms with van der Waals surface area (Å²) in [6.45, 7) is 4.83. The van der Waals surface area contributed by atoms with E-state index in [1.807, 2.05) is 0 Å². The molecule has 1 aromatic carbocycles. The zero-order valence-electron chi connectivity index (χ0n) is 11.4. The van der Waals surface area contributed by atoms with Crippen molar-refractivity contribution in [1.82, 2.24) is 0 Å². The SMILES string of the molecule is CC(=O)ON=C1Cc2cc3c(cc2C1=O)OC(C)(C)O3. The predicted octanol–water partition coefficient (Wildman–Crippen LogP) is 1.85. The van der Waals surface area contributed by atoms with Gasteiger partial charge in [-0.05, 0) is 17.7 Å². The van der Waals surface area contributed by atoms with Crippen molar-refractivity contribution in [2.24, 2.45) is 5.16 Å². The first-order valence-electron chi connectivity index (χ1n) is 6.20. The van der Waals surface area contributed by atoms with Crippen LogP contribution in [0.4, 0.5) is 0 Å². The van der Waals surface area contributed by atoms with Gasteiger partial charge in [-0.2, -0.15) is 0 Å². The van der Waals surface area contributed by atoms with Crippen LogP contribution in [0.15, 0.2) is 17.3 Å². The van der Waals surface area contributed by atoms with Crippen LogP contribution < -0.4 is 9.47 Å². The molecule has 0 saturated carbocycles. The molecule has 20 heavy (non-hydrogen) atoms. The number of Topliss-reactive ketones (excluding diaryl/α,β-unsaturated/α-hetero) is 1. The van der Waals surface area contributed by atoms with Crippen LogP contribution >= 0.6 is 0 Å². The first-order chi connectivity index (χ1) is 9.35. The van der Waals surface area contributed by atoms with E-state index in [0.717, 1.165) is 5.56 Å². The fourth-order valence-corrected chi connectivity index (χ4v) is 2.28. The minimum absolute atomic E-state index is 0.207. The molecule has 3 rings (SSSR count). The minimum atomic E-state index is -0.727. The number of ketones is 1. The number of oxime groups is 1. The Hall–Kier alpha value is -2.37. The molecule has 0 spiro atoms. The fraction of sp³-hybridized carbons (Fsp3) is 0.357. The van der Waals surface area contributed by atoms with Crippen LogP contribution in [0.5, 0.6) is 11.5 Å². The summed E-state index contributed by atoms with van der Waals surface area (Å²) in [6.07, 6.45) is 0.318. The third-order valence-electron chi connectivity index (χ3n) is 3.03. The van der Waals surface area contributed by atoms with Gasteiger partial charge in [0, 0.05) is 32.8 Å². The van der Waals surface area contributed by atoms with Gasteiger partial charge in [0.25, 0.3) is 0 Å². The van der Waals surface area contributed by atoms with E-state index in [0.29, 0.717) is 23.5 Å². The van der Waals surface area contributed by atoms with Crippen LogP contribution in [0.3, 0.4) is 0 Å². The molecular formula is C14H13NO5. The van der Waals surface area contributed by atoms with Crippen LogP contribution in [0.2, 0.25) is 0 Å². The van der Waals surface area contributed by atoms with Gasteiger partial charge in [0.1, 0.15) is 5.71 Å². The van der Waals surface area contributed by atoms with Crippen molar-refractivity contribution < 1.29 is 23.9 Å². The van der Waals surface area contributed by atoms with E-state index in [1.165, 1.54) is 6.92 Å². The molecule has 0 aromatic heterocycles. The molecule has 0 bridgehead atoms.